The largest absolute Gasteiger partial charge is 0.117 e. The molecular weight excluding hydrogens is 344 g/mol. The van der Waals surface area contributed by atoms with E-state index in [1.165, 1.54) is 21.9 Å². The number of halogens is 2. The van der Waals surface area contributed by atoms with Crippen LogP contribution in [-0.2, 0) is 0 Å². The molecule has 0 aromatic heterocycles. The lowest BCUT2D eigenvalue weighted by atomic mass is 9.90. The second-order valence-corrected chi connectivity index (χ2v) is 6.61. The SMILES string of the molecule is CC(c1ccccc1)C(Cl)c1ccc(Br)c2ccccc12. The Labute approximate surface area is 138 Å². The van der Waals surface area contributed by atoms with Crippen molar-refractivity contribution in [2.45, 2.75) is 18.2 Å². The molecule has 106 valence electrons. The smallest absolute Gasteiger partial charge is 0.0657 e. The lowest BCUT2D eigenvalue weighted by molar-refractivity contribution is 0.736. The van der Waals surface area contributed by atoms with Crippen LogP contribution in [0.4, 0.5) is 0 Å². The molecule has 0 saturated heterocycles. The summed E-state index contributed by atoms with van der Waals surface area (Å²) in [5.41, 5.74) is 2.45. The number of hydrogen-bond acceptors (Lipinski definition) is 0. The van der Waals surface area contributed by atoms with Crippen LogP contribution in [0.2, 0.25) is 0 Å². The van der Waals surface area contributed by atoms with Crippen molar-refractivity contribution in [3.63, 3.8) is 0 Å². The van der Waals surface area contributed by atoms with Gasteiger partial charge in [-0.15, -0.1) is 11.6 Å². The standard InChI is InChI=1S/C19H16BrCl/c1-13(14-7-3-2-4-8-14)19(21)17-11-12-18(20)16-10-6-5-9-15(16)17/h2-13,19H,1H3. The van der Waals surface area contributed by atoms with Gasteiger partial charge in [0.15, 0.2) is 0 Å². The van der Waals surface area contributed by atoms with Gasteiger partial charge in [0, 0.05) is 10.4 Å². The third kappa shape index (κ3) is 2.86. The Balaban J connectivity index is 2.06. The van der Waals surface area contributed by atoms with E-state index < -0.39 is 0 Å². The van der Waals surface area contributed by atoms with Gasteiger partial charge in [-0.1, -0.05) is 83.5 Å². The van der Waals surface area contributed by atoms with E-state index in [1.807, 2.05) is 6.07 Å². The second-order valence-electron chi connectivity index (χ2n) is 5.28. The maximum Gasteiger partial charge on any atom is 0.0657 e. The Bertz CT molecular complexity index is 752. The third-order valence-corrected chi connectivity index (χ3v) is 5.27. The van der Waals surface area contributed by atoms with Gasteiger partial charge in [-0.2, -0.15) is 0 Å². The van der Waals surface area contributed by atoms with Crippen molar-refractivity contribution in [3.05, 3.63) is 82.3 Å². The minimum absolute atomic E-state index is 0.0506. The van der Waals surface area contributed by atoms with Gasteiger partial charge in [-0.25, -0.2) is 0 Å². The van der Waals surface area contributed by atoms with Crippen LogP contribution >= 0.6 is 27.5 Å². The van der Waals surface area contributed by atoms with Crippen molar-refractivity contribution in [3.8, 4) is 0 Å². The van der Waals surface area contributed by atoms with Crippen molar-refractivity contribution in [2.75, 3.05) is 0 Å². The quantitative estimate of drug-likeness (QED) is 0.457. The summed E-state index contributed by atoms with van der Waals surface area (Å²) in [5.74, 6) is 0.262. The number of benzene rings is 3. The van der Waals surface area contributed by atoms with Gasteiger partial charge >= 0.3 is 0 Å². The lowest BCUT2D eigenvalue weighted by Gasteiger charge is -2.21. The molecule has 0 radical (unpaired) electrons. The number of fused-ring (bicyclic) bond motifs is 1. The van der Waals surface area contributed by atoms with Crippen molar-refractivity contribution in [1.29, 1.82) is 0 Å². The van der Waals surface area contributed by atoms with E-state index in [1.54, 1.807) is 0 Å². The van der Waals surface area contributed by atoms with Crippen molar-refractivity contribution in [2.24, 2.45) is 0 Å². The van der Waals surface area contributed by atoms with E-state index in [0.717, 1.165) is 4.47 Å². The molecule has 2 heteroatoms. The molecule has 2 unspecified atom stereocenters. The molecule has 0 nitrogen and oxygen atoms in total. The zero-order valence-corrected chi connectivity index (χ0v) is 14.1. The van der Waals surface area contributed by atoms with Gasteiger partial charge in [0.1, 0.15) is 0 Å². The van der Waals surface area contributed by atoms with Gasteiger partial charge in [-0.3, -0.25) is 0 Å². The molecule has 0 N–H and O–H groups in total. The Kier molecular flexibility index (Phi) is 4.32. The van der Waals surface area contributed by atoms with Crippen LogP contribution in [0.25, 0.3) is 10.8 Å². The molecule has 0 aliphatic heterocycles. The lowest BCUT2D eigenvalue weighted by Crippen LogP contribution is -2.03. The summed E-state index contributed by atoms with van der Waals surface area (Å²) in [5, 5.41) is 2.38. The second kappa shape index (κ2) is 6.21. The molecule has 3 aromatic rings. The molecule has 0 bridgehead atoms. The zero-order chi connectivity index (χ0) is 14.8. The topological polar surface area (TPSA) is 0 Å². The first-order chi connectivity index (χ1) is 10.2. The normalized spacial score (nSPS) is 14.0. The van der Waals surface area contributed by atoms with E-state index in [9.17, 15) is 0 Å². The highest BCUT2D eigenvalue weighted by Crippen LogP contribution is 2.40. The fourth-order valence-electron chi connectivity index (χ4n) is 2.72. The molecule has 3 rings (SSSR count). The monoisotopic (exact) mass is 358 g/mol. The minimum atomic E-state index is -0.0506. The Hall–Kier alpha value is -1.31. The van der Waals surface area contributed by atoms with Crippen LogP contribution in [0.1, 0.15) is 29.3 Å². The summed E-state index contributed by atoms with van der Waals surface area (Å²) in [4.78, 5) is 0. The van der Waals surface area contributed by atoms with E-state index >= 15 is 0 Å². The Morgan fingerprint density at radius 2 is 1.43 bits per heavy atom. The highest BCUT2D eigenvalue weighted by molar-refractivity contribution is 9.10. The summed E-state index contributed by atoms with van der Waals surface area (Å²) in [6, 6.07) is 23.0. The highest BCUT2D eigenvalue weighted by Gasteiger charge is 2.20. The van der Waals surface area contributed by atoms with E-state index in [-0.39, 0.29) is 11.3 Å². The van der Waals surface area contributed by atoms with Gasteiger partial charge < -0.3 is 0 Å². The molecular formula is C19H16BrCl. The first-order valence-electron chi connectivity index (χ1n) is 7.04. The predicted molar refractivity (Wildman–Crippen MR) is 95.1 cm³/mol. The van der Waals surface area contributed by atoms with Crippen LogP contribution in [0.3, 0.4) is 0 Å². The van der Waals surface area contributed by atoms with Crippen molar-refractivity contribution >= 4 is 38.3 Å². The summed E-state index contributed by atoms with van der Waals surface area (Å²) in [7, 11) is 0. The molecule has 0 saturated carbocycles. The molecule has 2 atom stereocenters. The van der Waals surface area contributed by atoms with Crippen molar-refractivity contribution < 1.29 is 0 Å². The van der Waals surface area contributed by atoms with Gasteiger partial charge in [0.25, 0.3) is 0 Å². The first kappa shape index (κ1) is 14.6. The van der Waals surface area contributed by atoms with Gasteiger partial charge in [0.05, 0.1) is 5.38 Å². The molecule has 0 heterocycles. The maximum atomic E-state index is 6.81. The van der Waals surface area contributed by atoms with Gasteiger partial charge in [-0.05, 0) is 28.0 Å². The maximum absolute atomic E-state index is 6.81. The van der Waals surface area contributed by atoms with Crippen LogP contribution in [0.5, 0.6) is 0 Å². The Morgan fingerprint density at radius 1 is 0.810 bits per heavy atom. The average Bonchev–Trinajstić information content (AvgIpc) is 2.55. The molecule has 0 aliphatic rings. The summed E-state index contributed by atoms with van der Waals surface area (Å²) in [6.45, 7) is 2.18. The minimum Gasteiger partial charge on any atom is -0.117 e. The fourth-order valence-corrected chi connectivity index (χ4v) is 3.53. The third-order valence-electron chi connectivity index (χ3n) is 3.97. The predicted octanol–water partition coefficient (Wildman–Crippen LogP) is 6.69. The van der Waals surface area contributed by atoms with E-state index in [4.69, 9.17) is 11.6 Å². The average molecular weight is 360 g/mol. The Morgan fingerprint density at radius 3 is 2.14 bits per heavy atom. The molecule has 0 fully saturated rings. The van der Waals surface area contributed by atoms with Crippen LogP contribution in [0, 0.1) is 0 Å². The summed E-state index contributed by atoms with van der Waals surface area (Å²) in [6.07, 6.45) is 0. The number of rotatable bonds is 3. The van der Waals surface area contributed by atoms with Crippen LogP contribution in [0.15, 0.2) is 71.2 Å². The molecule has 0 aliphatic carbocycles. The number of alkyl halides is 1. The summed E-state index contributed by atoms with van der Waals surface area (Å²) < 4.78 is 1.11. The van der Waals surface area contributed by atoms with Crippen LogP contribution < -0.4 is 0 Å². The van der Waals surface area contributed by atoms with Gasteiger partial charge in [0.2, 0.25) is 0 Å². The molecule has 0 spiro atoms. The van der Waals surface area contributed by atoms with Crippen LogP contribution in [-0.4, -0.2) is 0 Å². The highest BCUT2D eigenvalue weighted by atomic mass is 79.9. The summed E-state index contributed by atoms with van der Waals surface area (Å²) >= 11 is 10.4. The van der Waals surface area contributed by atoms with E-state index in [0.29, 0.717) is 0 Å². The first-order valence-corrected chi connectivity index (χ1v) is 8.27. The molecule has 21 heavy (non-hydrogen) atoms. The molecule has 0 amide bonds. The van der Waals surface area contributed by atoms with Crippen molar-refractivity contribution in [1.82, 2.24) is 0 Å². The fraction of sp³-hybridized carbons (Fsp3) is 0.158. The molecule has 3 aromatic carbocycles. The van der Waals surface area contributed by atoms with E-state index in [2.05, 4.69) is 83.5 Å². The number of hydrogen-bond donors (Lipinski definition) is 0. The zero-order valence-electron chi connectivity index (χ0n) is 11.8.